The fourth-order valence-electron chi connectivity index (χ4n) is 2.23. The van der Waals surface area contributed by atoms with E-state index in [-0.39, 0.29) is 0 Å². The fourth-order valence-corrected chi connectivity index (χ4v) is 2.23. The molecule has 2 nitrogen and oxygen atoms in total. The summed E-state index contributed by atoms with van der Waals surface area (Å²) in [4.78, 5) is 11.4. The largest absolute Gasteiger partial charge is 0.356 e. The van der Waals surface area contributed by atoms with Crippen molar-refractivity contribution in [1.82, 2.24) is 5.32 Å². The van der Waals surface area contributed by atoms with Crippen LogP contribution in [0.5, 0.6) is 0 Å². The quantitative estimate of drug-likeness (QED) is 0.658. The summed E-state index contributed by atoms with van der Waals surface area (Å²) < 4.78 is 0. The van der Waals surface area contributed by atoms with E-state index in [4.69, 9.17) is 0 Å². The van der Waals surface area contributed by atoms with Crippen LogP contribution in [-0.2, 0) is 4.79 Å². The zero-order valence-corrected chi connectivity index (χ0v) is 10.2. The van der Waals surface area contributed by atoms with Gasteiger partial charge in [-0.2, -0.15) is 0 Å². The molecular weight excluding hydrogens is 198 g/mol. The summed E-state index contributed by atoms with van der Waals surface area (Å²) in [5, 5.41) is 3.08. The Balaban J connectivity index is 1.50. The van der Waals surface area contributed by atoms with E-state index in [9.17, 15) is 4.79 Å². The highest BCUT2D eigenvalue weighted by atomic mass is 16.2. The third-order valence-corrected chi connectivity index (χ3v) is 3.66. The summed E-state index contributed by atoms with van der Waals surface area (Å²) in [5.74, 6) is 2.32. The zero-order valence-electron chi connectivity index (χ0n) is 10.2. The first-order valence-electron chi connectivity index (χ1n) is 6.74. The first-order valence-corrected chi connectivity index (χ1v) is 6.74. The minimum Gasteiger partial charge on any atom is -0.356 e. The second kappa shape index (κ2) is 5.51. The minimum absolute atomic E-state index is 0.302. The van der Waals surface area contributed by atoms with Gasteiger partial charge in [0.1, 0.15) is 0 Å². The van der Waals surface area contributed by atoms with Gasteiger partial charge in [-0.3, -0.25) is 4.79 Å². The molecule has 0 heterocycles. The molecule has 2 aliphatic carbocycles. The third kappa shape index (κ3) is 3.66. The third-order valence-electron chi connectivity index (χ3n) is 3.66. The number of rotatable bonds is 7. The van der Waals surface area contributed by atoms with Crippen LogP contribution >= 0.6 is 0 Å². The first kappa shape index (κ1) is 11.7. The smallest absolute Gasteiger partial charge is 0.223 e. The molecule has 0 aliphatic heterocycles. The molecule has 2 unspecified atom stereocenters. The second-order valence-electron chi connectivity index (χ2n) is 5.23. The molecule has 0 aromatic carbocycles. The number of allylic oxidation sites excluding steroid dienone is 2. The Morgan fingerprint density at radius 2 is 2.12 bits per heavy atom. The molecule has 0 aromatic rings. The van der Waals surface area contributed by atoms with Crippen LogP contribution in [0.2, 0.25) is 0 Å². The van der Waals surface area contributed by atoms with E-state index in [2.05, 4.69) is 24.4 Å². The SMILES string of the molecule is CC/C=C\CCC1CC1CNC(=O)C1CC1. The lowest BCUT2D eigenvalue weighted by Crippen LogP contribution is -2.27. The van der Waals surface area contributed by atoms with Gasteiger partial charge in [-0.15, -0.1) is 0 Å². The highest BCUT2D eigenvalue weighted by Gasteiger charge is 2.37. The molecule has 2 saturated carbocycles. The number of hydrogen-bond donors (Lipinski definition) is 1. The highest BCUT2D eigenvalue weighted by Crippen LogP contribution is 2.41. The Kier molecular flexibility index (Phi) is 4.03. The molecule has 16 heavy (non-hydrogen) atoms. The summed E-state index contributed by atoms with van der Waals surface area (Å²) in [6.07, 6.45) is 11.7. The van der Waals surface area contributed by atoms with Crippen molar-refractivity contribution in [2.24, 2.45) is 17.8 Å². The summed E-state index contributed by atoms with van der Waals surface area (Å²) in [6, 6.07) is 0. The van der Waals surface area contributed by atoms with Gasteiger partial charge in [-0.05, 0) is 50.4 Å². The maximum atomic E-state index is 11.4. The Morgan fingerprint density at radius 1 is 1.31 bits per heavy atom. The lowest BCUT2D eigenvalue weighted by atomic mass is 10.1. The van der Waals surface area contributed by atoms with Crippen LogP contribution in [0.1, 0.15) is 45.4 Å². The van der Waals surface area contributed by atoms with Crippen LogP contribution in [0, 0.1) is 17.8 Å². The fraction of sp³-hybridized carbons (Fsp3) is 0.786. The van der Waals surface area contributed by atoms with Crippen LogP contribution in [0.4, 0.5) is 0 Å². The molecule has 1 amide bonds. The van der Waals surface area contributed by atoms with Crippen molar-refractivity contribution < 1.29 is 4.79 Å². The van der Waals surface area contributed by atoms with E-state index >= 15 is 0 Å². The Labute approximate surface area is 98.5 Å². The van der Waals surface area contributed by atoms with Gasteiger partial charge in [0.25, 0.3) is 0 Å². The molecule has 2 rings (SSSR count). The van der Waals surface area contributed by atoms with Crippen LogP contribution < -0.4 is 5.32 Å². The van der Waals surface area contributed by atoms with Crippen molar-refractivity contribution in [2.45, 2.75) is 45.4 Å². The normalized spacial score (nSPS) is 28.3. The average Bonchev–Trinajstić information content (AvgIpc) is 3.15. The van der Waals surface area contributed by atoms with Gasteiger partial charge in [0.05, 0.1) is 0 Å². The number of hydrogen-bond acceptors (Lipinski definition) is 1. The van der Waals surface area contributed by atoms with Crippen LogP contribution in [-0.4, -0.2) is 12.5 Å². The van der Waals surface area contributed by atoms with Gasteiger partial charge in [0, 0.05) is 12.5 Å². The summed E-state index contributed by atoms with van der Waals surface area (Å²) in [5.41, 5.74) is 0. The first-order chi connectivity index (χ1) is 7.81. The molecule has 0 radical (unpaired) electrons. The molecule has 0 bridgehead atoms. The minimum atomic E-state index is 0.302. The Bertz CT molecular complexity index is 268. The summed E-state index contributed by atoms with van der Waals surface area (Å²) in [7, 11) is 0. The molecule has 0 saturated heterocycles. The molecule has 0 spiro atoms. The molecule has 90 valence electrons. The maximum Gasteiger partial charge on any atom is 0.223 e. The molecule has 2 atom stereocenters. The number of amides is 1. The van der Waals surface area contributed by atoms with E-state index in [1.54, 1.807) is 0 Å². The van der Waals surface area contributed by atoms with Crippen molar-refractivity contribution in [3.05, 3.63) is 12.2 Å². The number of carbonyl (C=O) groups excluding carboxylic acids is 1. The zero-order chi connectivity index (χ0) is 11.4. The van der Waals surface area contributed by atoms with Crippen molar-refractivity contribution in [3.63, 3.8) is 0 Å². The van der Waals surface area contributed by atoms with Crippen molar-refractivity contribution >= 4 is 5.91 Å². The van der Waals surface area contributed by atoms with Gasteiger partial charge in [0.15, 0.2) is 0 Å². The van der Waals surface area contributed by atoms with Gasteiger partial charge >= 0.3 is 0 Å². The second-order valence-corrected chi connectivity index (χ2v) is 5.23. The molecule has 0 aromatic heterocycles. The number of carbonyl (C=O) groups is 1. The predicted octanol–water partition coefficient (Wildman–Crippen LogP) is 2.90. The van der Waals surface area contributed by atoms with Crippen molar-refractivity contribution in [2.75, 3.05) is 6.54 Å². The van der Waals surface area contributed by atoms with Crippen molar-refractivity contribution in [1.29, 1.82) is 0 Å². The molecule has 2 fully saturated rings. The lowest BCUT2D eigenvalue weighted by molar-refractivity contribution is -0.122. The van der Waals surface area contributed by atoms with E-state index in [0.29, 0.717) is 11.8 Å². The highest BCUT2D eigenvalue weighted by molar-refractivity contribution is 5.80. The molecule has 2 aliphatic rings. The number of nitrogens with one attached hydrogen (secondary N) is 1. The average molecular weight is 221 g/mol. The van der Waals surface area contributed by atoms with E-state index in [1.165, 1.54) is 19.3 Å². The maximum absolute atomic E-state index is 11.4. The molecular formula is C14H23NO. The standard InChI is InChI=1S/C14H23NO/c1-2-3-4-5-6-12-9-13(12)10-15-14(16)11-7-8-11/h3-4,11-13H,2,5-10H2,1H3,(H,15,16)/b4-3-. The molecule has 1 N–H and O–H groups in total. The van der Waals surface area contributed by atoms with Crippen LogP contribution in [0.25, 0.3) is 0 Å². The van der Waals surface area contributed by atoms with Crippen molar-refractivity contribution in [3.8, 4) is 0 Å². The van der Waals surface area contributed by atoms with Gasteiger partial charge < -0.3 is 5.32 Å². The van der Waals surface area contributed by atoms with Gasteiger partial charge in [-0.1, -0.05) is 19.1 Å². The summed E-state index contributed by atoms with van der Waals surface area (Å²) in [6.45, 7) is 3.10. The van der Waals surface area contributed by atoms with E-state index in [1.807, 2.05) is 0 Å². The predicted molar refractivity (Wildman–Crippen MR) is 66.0 cm³/mol. The van der Waals surface area contributed by atoms with Gasteiger partial charge in [0.2, 0.25) is 5.91 Å². The summed E-state index contributed by atoms with van der Waals surface area (Å²) >= 11 is 0. The molecule has 2 heteroatoms. The lowest BCUT2D eigenvalue weighted by Gasteiger charge is -2.02. The topological polar surface area (TPSA) is 29.1 Å². The Hall–Kier alpha value is -0.790. The van der Waals surface area contributed by atoms with E-state index < -0.39 is 0 Å². The monoisotopic (exact) mass is 221 g/mol. The Morgan fingerprint density at radius 3 is 2.81 bits per heavy atom. The van der Waals surface area contributed by atoms with Crippen LogP contribution in [0.15, 0.2) is 12.2 Å². The van der Waals surface area contributed by atoms with Gasteiger partial charge in [-0.25, -0.2) is 0 Å². The van der Waals surface area contributed by atoms with Crippen LogP contribution in [0.3, 0.4) is 0 Å². The van der Waals surface area contributed by atoms with E-state index in [0.717, 1.165) is 37.6 Å².